The highest BCUT2D eigenvalue weighted by molar-refractivity contribution is 5.94. The van der Waals surface area contributed by atoms with Crippen molar-refractivity contribution in [3.8, 4) is 0 Å². The van der Waals surface area contributed by atoms with Gasteiger partial charge >= 0.3 is 0 Å². The van der Waals surface area contributed by atoms with Gasteiger partial charge in [-0.2, -0.15) is 0 Å². The highest BCUT2D eigenvalue weighted by atomic mass is 16.1. The molecule has 1 amide bonds. The minimum atomic E-state index is -0.0174. The first-order chi connectivity index (χ1) is 9.04. The van der Waals surface area contributed by atoms with Crippen molar-refractivity contribution < 1.29 is 4.79 Å². The van der Waals surface area contributed by atoms with Crippen LogP contribution in [0.1, 0.15) is 49.0 Å². The number of nitrogens with two attached hydrogens (primary N) is 1. The molecule has 0 bridgehead atoms. The third-order valence-corrected chi connectivity index (χ3v) is 3.14. The molecule has 0 aliphatic heterocycles. The molecule has 0 aliphatic rings. The van der Waals surface area contributed by atoms with E-state index in [0.717, 1.165) is 36.6 Å². The number of nitrogen functional groups attached to an aromatic ring is 1. The predicted molar refractivity (Wildman–Crippen MR) is 80.0 cm³/mol. The highest BCUT2D eigenvalue weighted by Gasteiger charge is 2.06. The first kappa shape index (κ1) is 15.5. The molecule has 1 rings (SSSR count). The van der Waals surface area contributed by atoms with Gasteiger partial charge in [-0.1, -0.05) is 26.7 Å². The summed E-state index contributed by atoms with van der Waals surface area (Å²) in [5.41, 5.74) is 5.09. The zero-order valence-corrected chi connectivity index (χ0v) is 12.1. The van der Waals surface area contributed by atoms with Gasteiger partial charge in [-0.3, -0.25) is 10.6 Å². The van der Waals surface area contributed by atoms with Crippen LogP contribution in [0.2, 0.25) is 0 Å². The average molecular weight is 263 g/mol. The summed E-state index contributed by atoms with van der Waals surface area (Å²) < 4.78 is 0. The van der Waals surface area contributed by atoms with Gasteiger partial charge in [0.25, 0.3) is 5.91 Å². The quantitative estimate of drug-likeness (QED) is 0.402. The van der Waals surface area contributed by atoms with Gasteiger partial charge in [-0.15, -0.1) is 0 Å². The summed E-state index contributed by atoms with van der Waals surface area (Å²) in [6.45, 7) is 7.10. The van der Waals surface area contributed by atoms with E-state index in [-0.39, 0.29) is 5.91 Å². The second kappa shape index (κ2) is 7.79. The zero-order valence-electron chi connectivity index (χ0n) is 12.1. The predicted octanol–water partition coefficient (Wildman–Crippen LogP) is 2.84. The van der Waals surface area contributed by atoms with Crippen molar-refractivity contribution >= 4 is 11.6 Å². The first-order valence-electron chi connectivity index (χ1n) is 6.90. The van der Waals surface area contributed by atoms with Crippen molar-refractivity contribution in [2.75, 3.05) is 12.0 Å². The Labute approximate surface area is 115 Å². The van der Waals surface area contributed by atoms with E-state index in [2.05, 4.69) is 24.6 Å². The minimum Gasteiger partial charge on any atom is -0.352 e. The first-order valence-corrected chi connectivity index (χ1v) is 6.90. The Morgan fingerprint density at radius 2 is 2.05 bits per heavy atom. The number of aryl methyl sites for hydroxylation is 1. The van der Waals surface area contributed by atoms with E-state index < -0.39 is 0 Å². The molecule has 1 aromatic rings. The van der Waals surface area contributed by atoms with E-state index in [1.807, 2.05) is 19.1 Å². The van der Waals surface area contributed by atoms with Gasteiger partial charge in [-0.05, 0) is 43.0 Å². The topological polar surface area (TPSA) is 67.2 Å². The summed E-state index contributed by atoms with van der Waals surface area (Å²) in [4.78, 5) is 11.9. The van der Waals surface area contributed by atoms with Crippen molar-refractivity contribution in [2.45, 2.75) is 40.0 Å². The van der Waals surface area contributed by atoms with E-state index in [0.29, 0.717) is 5.56 Å². The maximum atomic E-state index is 11.9. The van der Waals surface area contributed by atoms with Gasteiger partial charge in [0.2, 0.25) is 0 Å². The largest absolute Gasteiger partial charge is 0.352 e. The molecule has 0 aliphatic carbocycles. The lowest BCUT2D eigenvalue weighted by atomic mass is 10.1. The van der Waals surface area contributed by atoms with Gasteiger partial charge in [-0.25, -0.2) is 0 Å². The van der Waals surface area contributed by atoms with E-state index in [9.17, 15) is 4.79 Å². The van der Waals surface area contributed by atoms with Crippen LogP contribution in [-0.2, 0) is 0 Å². The Morgan fingerprint density at radius 3 is 2.63 bits per heavy atom. The van der Waals surface area contributed by atoms with Gasteiger partial charge in [0, 0.05) is 12.1 Å². The smallest absolute Gasteiger partial charge is 0.251 e. The summed E-state index contributed by atoms with van der Waals surface area (Å²) in [5, 5.41) is 2.95. The number of benzene rings is 1. The number of amides is 1. The van der Waals surface area contributed by atoms with Crippen LogP contribution in [0.5, 0.6) is 0 Å². The Balaban J connectivity index is 2.39. The van der Waals surface area contributed by atoms with Crippen LogP contribution in [0.15, 0.2) is 18.2 Å². The maximum absolute atomic E-state index is 11.9. The summed E-state index contributed by atoms with van der Waals surface area (Å²) in [5.74, 6) is 6.08. The maximum Gasteiger partial charge on any atom is 0.251 e. The number of rotatable bonds is 7. The van der Waals surface area contributed by atoms with Gasteiger partial charge < -0.3 is 10.7 Å². The average Bonchev–Trinajstić information content (AvgIpc) is 2.37. The Morgan fingerprint density at radius 1 is 1.32 bits per heavy atom. The zero-order chi connectivity index (χ0) is 14.3. The molecule has 0 fully saturated rings. The molecule has 4 heteroatoms. The lowest BCUT2D eigenvalue weighted by Crippen LogP contribution is -2.24. The molecule has 106 valence electrons. The van der Waals surface area contributed by atoms with Crippen molar-refractivity contribution in [3.63, 3.8) is 0 Å². The van der Waals surface area contributed by atoms with E-state index in [1.54, 1.807) is 6.07 Å². The second-order valence-corrected chi connectivity index (χ2v) is 5.32. The number of unbranched alkanes of at least 4 members (excludes halogenated alkanes) is 1. The second-order valence-electron chi connectivity index (χ2n) is 5.32. The van der Waals surface area contributed by atoms with Gasteiger partial charge in [0.05, 0.1) is 5.69 Å². The van der Waals surface area contributed by atoms with Crippen LogP contribution < -0.4 is 16.6 Å². The standard InChI is InChI=1S/C15H25N3O/c1-11(2)6-4-5-9-17-15(19)13-7-8-14(18-16)12(3)10-13/h7-8,10-11,18H,4-6,9,16H2,1-3H3,(H,17,19). The van der Waals surface area contributed by atoms with Crippen LogP contribution in [-0.4, -0.2) is 12.5 Å². The van der Waals surface area contributed by atoms with Crippen LogP contribution in [0.3, 0.4) is 0 Å². The van der Waals surface area contributed by atoms with E-state index in [4.69, 9.17) is 5.84 Å². The monoisotopic (exact) mass is 263 g/mol. The highest BCUT2D eigenvalue weighted by Crippen LogP contribution is 2.15. The number of anilines is 1. The fourth-order valence-corrected chi connectivity index (χ4v) is 1.95. The van der Waals surface area contributed by atoms with Crippen molar-refractivity contribution in [2.24, 2.45) is 11.8 Å². The summed E-state index contributed by atoms with van der Waals surface area (Å²) in [6.07, 6.45) is 3.41. The van der Waals surface area contributed by atoms with Crippen molar-refractivity contribution in [3.05, 3.63) is 29.3 Å². The number of hydrogen-bond acceptors (Lipinski definition) is 3. The molecule has 19 heavy (non-hydrogen) atoms. The number of nitrogens with one attached hydrogen (secondary N) is 2. The summed E-state index contributed by atoms with van der Waals surface area (Å²) >= 11 is 0. The Hall–Kier alpha value is -1.55. The lowest BCUT2D eigenvalue weighted by Gasteiger charge is -2.09. The molecule has 0 saturated heterocycles. The van der Waals surface area contributed by atoms with Crippen LogP contribution in [0, 0.1) is 12.8 Å². The minimum absolute atomic E-state index is 0.0174. The Bertz CT molecular complexity index is 416. The molecule has 0 radical (unpaired) electrons. The molecule has 0 aromatic heterocycles. The van der Waals surface area contributed by atoms with Crippen LogP contribution in [0.4, 0.5) is 5.69 Å². The summed E-state index contributed by atoms with van der Waals surface area (Å²) in [7, 11) is 0. The number of carbonyl (C=O) groups is 1. The number of hydrogen-bond donors (Lipinski definition) is 3. The molecular weight excluding hydrogens is 238 g/mol. The van der Waals surface area contributed by atoms with Crippen LogP contribution >= 0.6 is 0 Å². The molecule has 0 unspecified atom stereocenters. The summed E-state index contributed by atoms with van der Waals surface area (Å²) in [6, 6.07) is 5.45. The third-order valence-electron chi connectivity index (χ3n) is 3.14. The SMILES string of the molecule is Cc1cc(C(=O)NCCCCC(C)C)ccc1NN. The molecule has 0 spiro atoms. The van der Waals surface area contributed by atoms with Crippen molar-refractivity contribution in [1.82, 2.24) is 5.32 Å². The fourth-order valence-electron chi connectivity index (χ4n) is 1.95. The Kier molecular flexibility index (Phi) is 6.36. The molecular formula is C15H25N3O. The fraction of sp³-hybridized carbons (Fsp3) is 0.533. The molecule has 0 saturated carbocycles. The van der Waals surface area contributed by atoms with Crippen molar-refractivity contribution in [1.29, 1.82) is 0 Å². The van der Waals surface area contributed by atoms with Gasteiger partial charge in [0.15, 0.2) is 0 Å². The molecule has 4 nitrogen and oxygen atoms in total. The third kappa shape index (κ3) is 5.30. The molecule has 0 heterocycles. The van der Waals surface area contributed by atoms with E-state index in [1.165, 1.54) is 6.42 Å². The van der Waals surface area contributed by atoms with Crippen LogP contribution in [0.25, 0.3) is 0 Å². The number of carbonyl (C=O) groups excluding carboxylic acids is 1. The van der Waals surface area contributed by atoms with Gasteiger partial charge in [0.1, 0.15) is 0 Å². The molecule has 1 aromatic carbocycles. The lowest BCUT2D eigenvalue weighted by molar-refractivity contribution is 0.0953. The molecule has 0 atom stereocenters. The molecule has 4 N–H and O–H groups in total. The normalized spacial score (nSPS) is 10.6. The number of hydrazine groups is 1. The van der Waals surface area contributed by atoms with E-state index >= 15 is 0 Å².